The molecule has 0 unspecified atom stereocenters. The molecule has 0 aliphatic carbocycles. The van der Waals surface area contributed by atoms with Gasteiger partial charge >= 0.3 is 0 Å². The summed E-state index contributed by atoms with van der Waals surface area (Å²) in [6.45, 7) is 17.6. The lowest BCUT2D eigenvalue weighted by atomic mass is 10.2. The summed E-state index contributed by atoms with van der Waals surface area (Å²) in [5.41, 5.74) is 2.13. The summed E-state index contributed by atoms with van der Waals surface area (Å²) in [6, 6.07) is 13.0. The van der Waals surface area contributed by atoms with E-state index in [1.165, 1.54) is 10.4 Å². The van der Waals surface area contributed by atoms with E-state index in [4.69, 9.17) is 18.9 Å². The molecule has 0 aliphatic rings. The van der Waals surface area contributed by atoms with E-state index in [1.807, 2.05) is 0 Å². The standard InChI is InChI=1S/C26H43NO4Si2/c1-10-11-18-27(21-14-12-16-23(32(4,5)6)25(21)30-19-28-2)22-15-13-17-24(33(7,8)9)26(22)31-20-29-3/h12-17H,10-11,18-20H2,1-9H3. The molecule has 2 aromatic rings. The van der Waals surface area contributed by atoms with Crippen molar-refractivity contribution in [2.45, 2.75) is 59.0 Å². The van der Waals surface area contributed by atoms with Crippen LogP contribution in [0.1, 0.15) is 19.8 Å². The Morgan fingerprint density at radius 2 is 1.12 bits per heavy atom. The molecule has 0 fully saturated rings. The molecule has 0 aliphatic heterocycles. The van der Waals surface area contributed by atoms with Gasteiger partial charge in [-0.15, -0.1) is 0 Å². The second-order valence-corrected chi connectivity index (χ2v) is 20.5. The molecule has 0 atom stereocenters. The molecule has 0 N–H and O–H groups in total. The van der Waals surface area contributed by atoms with Gasteiger partial charge in [0.05, 0.1) is 27.5 Å². The van der Waals surface area contributed by atoms with Gasteiger partial charge in [0, 0.05) is 20.8 Å². The molecule has 2 aromatic carbocycles. The van der Waals surface area contributed by atoms with Crippen molar-refractivity contribution in [3.63, 3.8) is 0 Å². The minimum atomic E-state index is -1.66. The van der Waals surface area contributed by atoms with Crippen LogP contribution in [-0.2, 0) is 9.47 Å². The highest BCUT2D eigenvalue weighted by molar-refractivity contribution is 6.90. The van der Waals surface area contributed by atoms with Gasteiger partial charge in [0.25, 0.3) is 0 Å². The van der Waals surface area contributed by atoms with Crippen LogP contribution in [0.3, 0.4) is 0 Å². The first-order valence-corrected chi connectivity index (χ1v) is 18.8. The highest BCUT2D eigenvalue weighted by atomic mass is 28.3. The number of para-hydroxylation sites is 2. The summed E-state index contributed by atoms with van der Waals surface area (Å²) >= 11 is 0. The molecule has 2 rings (SSSR count). The normalized spacial score (nSPS) is 12.0. The Labute approximate surface area is 203 Å². The fourth-order valence-electron chi connectivity index (χ4n) is 3.88. The third-order valence-electron chi connectivity index (χ3n) is 5.56. The highest BCUT2D eigenvalue weighted by Gasteiger charge is 2.29. The van der Waals surface area contributed by atoms with E-state index in [9.17, 15) is 0 Å². The third-order valence-corrected chi connectivity index (χ3v) is 9.58. The Bertz CT molecular complexity index is 821. The van der Waals surface area contributed by atoms with Gasteiger partial charge in [-0.05, 0) is 28.9 Å². The fraction of sp³-hybridized carbons (Fsp3) is 0.538. The smallest absolute Gasteiger partial charge is 0.188 e. The molecule has 0 radical (unpaired) electrons. The number of benzene rings is 2. The van der Waals surface area contributed by atoms with Gasteiger partial charge in [-0.3, -0.25) is 0 Å². The van der Waals surface area contributed by atoms with E-state index < -0.39 is 16.1 Å². The fourth-order valence-corrected chi connectivity index (χ4v) is 6.84. The molecule has 5 nitrogen and oxygen atoms in total. The Kier molecular flexibility index (Phi) is 10.0. The van der Waals surface area contributed by atoms with Crippen LogP contribution in [0.2, 0.25) is 39.3 Å². The molecule has 0 bridgehead atoms. The lowest BCUT2D eigenvalue weighted by Gasteiger charge is -2.33. The van der Waals surface area contributed by atoms with Gasteiger partial charge in [-0.2, -0.15) is 0 Å². The van der Waals surface area contributed by atoms with Gasteiger partial charge < -0.3 is 23.8 Å². The van der Waals surface area contributed by atoms with Crippen LogP contribution in [0.5, 0.6) is 11.5 Å². The number of ether oxygens (including phenoxy) is 4. The maximum Gasteiger partial charge on any atom is 0.188 e. The first kappa shape index (κ1) is 27.4. The van der Waals surface area contributed by atoms with Crippen molar-refractivity contribution in [1.29, 1.82) is 0 Å². The maximum atomic E-state index is 6.26. The van der Waals surface area contributed by atoms with Crippen LogP contribution < -0.4 is 24.7 Å². The number of nitrogens with zero attached hydrogens (tertiary/aromatic N) is 1. The van der Waals surface area contributed by atoms with Crippen LogP contribution in [0, 0.1) is 0 Å². The van der Waals surface area contributed by atoms with Gasteiger partial charge in [-0.1, -0.05) is 76.9 Å². The number of hydrogen-bond acceptors (Lipinski definition) is 5. The van der Waals surface area contributed by atoms with E-state index in [0.29, 0.717) is 0 Å². The van der Waals surface area contributed by atoms with Crippen LogP contribution in [0.25, 0.3) is 0 Å². The zero-order chi connectivity index (χ0) is 24.6. The van der Waals surface area contributed by atoms with Gasteiger partial charge in [0.2, 0.25) is 0 Å². The molecular weight excluding hydrogens is 446 g/mol. The minimum Gasteiger partial charge on any atom is -0.465 e. The largest absolute Gasteiger partial charge is 0.465 e. The predicted molar refractivity (Wildman–Crippen MR) is 146 cm³/mol. The van der Waals surface area contributed by atoms with Crippen molar-refractivity contribution in [3.05, 3.63) is 36.4 Å². The number of rotatable bonds is 13. The molecule has 184 valence electrons. The first-order chi connectivity index (χ1) is 15.6. The number of anilines is 2. The first-order valence-electron chi connectivity index (χ1n) is 11.8. The number of methoxy groups -OCH3 is 2. The van der Waals surface area contributed by atoms with Crippen molar-refractivity contribution in [2.24, 2.45) is 0 Å². The molecule has 7 heteroatoms. The molecule has 0 saturated heterocycles. The monoisotopic (exact) mass is 489 g/mol. The van der Waals surface area contributed by atoms with Crippen molar-refractivity contribution >= 4 is 37.9 Å². The summed E-state index contributed by atoms with van der Waals surface area (Å²) < 4.78 is 23.1. The van der Waals surface area contributed by atoms with Crippen molar-refractivity contribution in [3.8, 4) is 11.5 Å². The van der Waals surface area contributed by atoms with Crippen molar-refractivity contribution in [1.82, 2.24) is 0 Å². The van der Waals surface area contributed by atoms with Crippen molar-refractivity contribution in [2.75, 3.05) is 39.3 Å². The lowest BCUT2D eigenvalue weighted by Crippen LogP contribution is -2.40. The van der Waals surface area contributed by atoms with E-state index >= 15 is 0 Å². The van der Waals surface area contributed by atoms with Crippen LogP contribution in [0.4, 0.5) is 11.4 Å². The minimum absolute atomic E-state index is 0.220. The molecule has 0 spiro atoms. The van der Waals surface area contributed by atoms with Gasteiger partial charge in [-0.25, -0.2) is 0 Å². The quantitative estimate of drug-likeness (QED) is 0.267. The molecular formula is C26H43NO4Si2. The average Bonchev–Trinajstić information content (AvgIpc) is 2.75. The predicted octanol–water partition coefficient (Wildman–Crippen LogP) is 5.68. The molecule has 0 aromatic heterocycles. The maximum absolute atomic E-state index is 6.26. The average molecular weight is 490 g/mol. The summed E-state index contributed by atoms with van der Waals surface area (Å²) in [5.74, 6) is 1.84. The van der Waals surface area contributed by atoms with Crippen molar-refractivity contribution < 1.29 is 18.9 Å². The Hall–Kier alpha value is -1.81. The molecule has 33 heavy (non-hydrogen) atoms. The second-order valence-electron chi connectivity index (χ2n) is 10.4. The van der Waals surface area contributed by atoms with Gasteiger partial charge in [0.15, 0.2) is 13.6 Å². The summed E-state index contributed by atoms with van der Waals surface area (Å²) in [5, 5.41) is 2.58. The zero-order valence-corrected chi connectivity index (χ0v) is 24.1. The summed E-state index contributed by atoms with van der Waals surface area (Å²) in [4.78, 5) is 2.37. The third kappa shape index (κ3) is 7.09. The summed E-state index contributed by atoms with van der Waals surface area (Å²) in [7, 11) is 0.00424. The molecule has 0 saturated carbocycles. The highest BCUT2D eigenvalue weighted by Crippen LogP contribution is 2.39. The Morgan fingerprint density at radius 3 is 1.45 bits per heavy atom. The molecule has 0 heterocycles. The SMILES string of the molecule is CCCCN(c1cccc([Si](C)(C)C)c1OCOC)c1cccc([Si](C)(C)C)c1OCOC. The van der Waals surface area contributed by atoms with Crippen LogP contribution in [-0.4, -0.2) is 50.5 Å². The van der Waals surface area contributed by atoms with E-state index in [-0.39, 0.29) is 13.6 Å². The van der Waals surface area contributed by atoms with Crippen LogP contribution >= 0.6 is 0 Å². The second kappa shape index (κ2) is 12.1. The Morgan fingerprint density at radius 1 is 0.697 bits per heavy atom. The molecule has 0 amide bonds. The summed E-state index contributed by atoms with van der Waals surface area (Å²) in [6.07, 6.45) is 2.15. The Balaban J connectivity index is 2.79. The van der Waals surface area contributed by atoms with Gasteiger partial charge in [0.1, 0.15) is 11.5 Å². The zero-order valence-electron chi connectivity index (χ0n) is 22.1. The van der Waals surface area contributed by atoms with E-state index in [2.05, 4.69) is 87.5 Å². The topological polar surface area (TPSA) is 40.2 Å². The lowest BCUT2D eigenvalue weighted by molar-refractivity contribution is 0.0517. The van der Waals surface area contributed by atoms with E-state index in [0.717, 1.165) is 42.3 Å². The number of unbranched alkanes of at least 4 members (excludes halogenated alkanes) is 1. The van der Waals surface area contributed by atoms with Crippen LogP contribution in [0.15, 0.2) is 36.4 Å². The van der Waals surface area contributed by atoms with E-state index in [1.54, 1.807) is 14.2 Å². The number of hydrogen-bond donors (Lipinski definition) is 0.